The van der Waals surface area contributed by atoms with Gasteiger partial charge in [-0.3, -0.25) is 9.88 Å². The van der Waals surface area contributed by atoms with E-state index in [1.807, 2.05) is 18.5 Å². The van der Waals surface area contributed by atoms with E-state index in [9.17, 15) is 0 Å². The average Bonchev–Trinajstić information content (AvgIpc) is 2.39. The van der Waals surface area contributed by atoms with Gasteiger partial charge in [0.2, 0.25) is 0 Å². The summed E-state index contributed by atoms with van der Waals surface area (Å²) in [4.78, 5) is 6.47. The summed E-state index contributed by atoms with van der Waals surface area (Å²) in [7, 11) is 2.14. The first-order valence-electron chi connectivity index (χ1n) is 7.12. The van der Waals surface area contributed by atoms with Gasteiger partial charge in [-0.25, -0.2) is 0 Å². The zero-order valence-electron chi connectivity index (χ0n) is 12.9. The molecular formula is C18H24N2. The van der Waals surface area contributed by atoms with E-state index in [2.05, 4.69) is 68.0 Å². The Morgan fingerprint density at radius 1 is 0.950 bits per heavy atom. The molecule has 2 rings (SSSR count). The Balaban J connectivity index is 1.96. The topological polar surface area (TPSA) is 16.1 Å². The number of hydrogen-bond donors (Lipinski definition) is 0. The Labute approximate surface area is 122 Å². The minimum Gasteiger partial charge on any atom is -0.298 e. The molecule has 0 aliphatic heterocycles. The highest BCUT2D eigenvalue weighted by atomic mass is 15.1. The van der Waals surface area contributed by atoms with E-state index >= 15 is 0 Å². The molecule has 0 atom stereocenters. The molecule has 2 nitrogen and oxygen atoms in total. The highest BCUT2D eigenvalue weighted by Gasteiger charge is 2.13. The van der Waals surface area contributed by atoms with Crippen LogP contribution < -0.4 is 0 Å². The molecule has 2 heteroatoms. The monoisotopic (exact) mass is 268 g/mol. The van der Waals surface area contributed by atoms with Gasteiger partial charge in [0, 0.05) is 25.5 Å². The summed E-state index contributed by atoms with van der Waals surface area (Å²) < 4.78 is 0. The molecule has 0 aliphatic carbocycles. The van der Waals surface area contributed by atoms with Gasteiger partial charge in [-0.15, -0.1) is 0 Å². The second-order valence-electron chi connectivity index (χ2n) is 6.48. The molecule has 0 saturated carbocycles. The van der Waals surface area contributed by atoms with Crippen molar-refractivity contribution in [3.05, 3.63) is 65.5 Å². The van der Waals surface area contributed by atoms with Crippen LogP contribution in [0.5, 0.6) is 0 Å². The van der Waals surface area contributed by atoms with Crippen molar-refractivity contribution in [2.75, 3.05) is 7.05 Å². The first-order chi connectivity index (χ1) is 9.45. The molecule has 0 spiro atoms. The number of pyridine rings is 1. The van der Waals surface area contributed by atoms with Crippen LogP contribution in [0.2, 0.25) is 0 Å². The summed E-state index contributed by atoms with van der Waals surface area (Å²) in [6.45, 7) is 8.62. The second kappa shape index (κ2) is 6.19. The Bertz CT molecular complexity index is 524. The average molecular weight is 268 g/mol. The summed E-state index contributed by atoms with van der Waals surface area (Å²) in [5.74, 6) is 0. The fourth-order valence-electron chi connectivity index (χ4n) is 2.28. The zero-order valence-corrected chi connectivity index (χ0v) is 12.9. The number of aromatic nitrogens is 1. The lowest BCUT2D eigenvalue weighted by Gasteiger charge is -2.20. The normalized spacial score (nSPS) is 11.8. The van der Waals surface area contributed by atoms with Gasteiger partial charge in [0.05, 0.1) is 0 Å². The molecule has 0 radical (unpaired) electrons. The molecule has 1 aromatic carbocycles. The van der Waals surface area contributed by atoms with E-state index in [1.165, 1.54) is 16.7 Å². The molecule has 106 valence electrons. The number of rotatable bonds is 4. The van der Waals surface area contributed by atoms with Crippen molar-refractivity contribution < 1.29 is 0 Å². The van der Waals surface area contributed by atoms with Crippen LogP contribution in [-0.2, 0) is 18.5 Å². The largest absolute Gasteiger partial charge is 0.298 e. The first kappa shape index (κ1) is 14.7. The molecule has 0 unspecified atom stereocenters. The summed E-state index contributed by atoms with van der Waals surface area (Å²) in [5.41, 5.74) is 4.21. The van der Waals surface area contributed by atoms with Gasteiger partial charge in [-0.1, -0.05) is 51.1 Å². The standard InChI is InChI=1S/C18H24N2/c1-18(2,3)17-9-7-15(8-10-17)13-20(4)14-16-6-5-11-19-12-16/h5-12H,13-14H2,1-4H3. The van der Waals surface area contributed by atoms with E-state index < -0.39 is 0 Å². The molecule has 0 N–H and O–H groups in total. The van der Waals surface area contributed by atoms with Gasteiger partial charge in [0.1, 0.15) is 0 Å². The van der Waals surface area contributed by atoms with Crippen LogP contribution >= 0.6 is 0 Å². The summed E-state index contributed by atoms with van der Waals surface area (Å²) >= 11 is 0. The van der Waals surface area contributed by atoms with Crippen molar-refractivity contribution in [2.24, 2.45) is 0 Å². The quantitative estimate of drug-likeness (QED) is 0.833. The Hall–Kier alpha value is -1.67. The van der Waals surface area contributed by atoms with Gasteiger partial charge in [0.25, 0.3) is 0 Å². The van der Waals surface area contributed by atoms with Crippen LogP contribution in [0.15, 0.2) is 48.8 Å². The van der Waals surface area contributed by atoms with Crippen molar-refractivity contribution in [1.29, 1.82) is 0 Å². The fraction of sp³-hybridized carbons (Fsp3) is 0.389. The summed E-state index contributed by atoms with van der Waals surface area (Å²) in [6.07, 6.45) is 3.74. The van der Waals surface area contributed by atoms with E-state index in [0.29, 0.717) is 0 Å². The molecule has 0 amide bonds. The van der Waals surface area contributed by atoms with E-state index in [1.54, 1.807) is 0 Å². The lowest BCUT2D eigenvalue weighted by molar-refractivity contribution is 0.318. The smallest absolute Gasteiger partial charge is 0.0312 e. The summed E-state index contributed by atoms with van der Waals surface area (Å²) in [5, 5.41) is 0. The second-order valence-corrected chi connectivity index (χ2v) is 6.48. The highest BCUT2D eigenvalue weighted by Crippen LogP contribution is 2.22. The molecule has 2 aromatic rings. The highest BCUT2D eigenvalue weighted by molar-refractivity contribution is 5.27. The third-order valence-corrected chi connectivity index (χ3v) is 3.45. The molecule has 0 fully saturated rings. The predicted molar refractivity (Wildman–Crippen MR) is 84.6 cm³/mol. The third-order valence-electron chi connectivity index (χ3n) is 3.45. The van der Waals surface area contributed by atoms with Gasteiger partial charge in [0.15, 0.2) is 0 Å². The predicted octanol–water partition coefficient (Wildman–Crippen LogP) is 4.01. The van der Waals surface area contributed by atoms with Crippen LogP contribution in [0.3, 0.4) is 0 Å². The van der Waals surface area contributed by atoms with E-state index in [-0.39, 0.29) is 5.41 Å². The zero-order chi connectivity index (χ0) is 14.6. The van der Waals surface area contributed by atoms with Crippen molar-refractivity contribution in [1.82, 2.24) is 9.88 Å². The van der Waals surface area contributed by atoms with E-state index in [4.69, 9.17) is 0 Å². The van der Waals surface area contributed by atoms with Crippen molar-refractivity contribution >= 4 is 0 Å². The molecule has 0 bridgehead atoms. The molecule has 0 saturated heterocycles. The van der Waals surface area contributed by atoms with Crippen LogP contribution in [0.25, 0.3) is 0 Å². The first-order valence-corrected chi connectivity index (χ1v) is 7.12. The lowest BCUT2D eigenvalue weighted by Crippen LogP contribution is -2.17. The lowest BCUT2D eigenvalue weighted by atomic mass is 9.87. The van der Waals surface area contributed by atoms with Gasteiger partial charge < -0.3 is 0 Å². The van der Waals surface area contributed by atoms with Gasteiger partial charge >= 0.3 is 0 Å². The van der Waals surface area contributed by atoms with Crippen molar-refractivity contribution in [2.45, 2.75) is 39.3 Å². The summed E-state index contributed by atoms with van der Waals surface area (Å²) in [6, 6.07) is 13.1. The number of hydrogen-bond acceptors (Lipinski definition) is 2. The maximum atomic E-state index is 4.16. The minimum absolute atomic E-state index is 0.222. The van der Waals surface area contributed by atoms with Crippen LogP contribution in [0, 0.1) is 0 Å². The van der Waals surface area contributed by atoms with Crippen molar-refractivity contribution in [3.63, 3.8) is 0 Å². The fourth-order valence-corrected chi connectivity index (χ4v) is 2.28. The van der Waals surface area contributed by atoms with Gasteiger partial charge in [-0.2, -0.15) is 0 Å². The maximum Gasteiger partial charge on any atom is 0.0312 e. The SMILES string of the molecule is CN(Cc1ccc(C(C)(C)C)cc1)Cc1cccnc1. The molecule has 20 heavy (non-hydrogen) atoms. The molecule has 1 aromatic heterocycles. The number of nitrogens with zero attached hydrogens (tertiary/aromatic N) is 2. The van der Waals surface area contributed by atoms with Crippen LogP contribution in [0.1, 0.15) is 37.5 Å². The van der Waals surface area contributed by atoms with Crippen LogP contribution in [-0.4, -0.2) is 16.9 Å². The third kappa shape index (κ3) is 4.17. The molecule has 1 heterocycles. The van der Waals surface area contributed by atoms with Crippen LogP contribution in [0.4, 0.5) is 0 Å². The molecular weight excluding hydrogens is 244 g/mol. The maximum absolute atomic E-state index is 4.16. The Morgan fingerprint density at radius 2 is 1.60 bits per heavy atom. The number of benzene rings is 1. The van der Waals surface area contributed by atoms with Crippen molar-refractivity contribution in [3.8, 4) is 0 Å². The van der Waals surface area contributed by atoms with E-state index in [0.717, 1.165) is 13.1 Å². The van der Waals surface area contributed by atoms with Gasteiger partial charge in [-0.05, 0) is 35.2 Å². The minimum atomic E-state index is 0.222. The Kier molecular flexibility index (Phi) is 4.56. The molecule has 0 aliphatic rings. The Morgan fingerprint density at radius 3 is 2.15 bits per heavy atom.